The summed E-state index contributed by atoms with van der Waals surface area (Å²) in [7, 11) is 0. The molecule has 246 valence electrons. The number of aromatic nitrogens is 4. The van der Waals surface area contributed by atoms with Crippen LogP contribution in [0.3, 0.4) is 0 Å². The summed E-state index contributed by atoms with van der Waals surface area (Å²) < 4.78 is 11.5. The highest BCUT2D eigenvalue weighted by Gasteiger charge is 2.25. The van der Waals surface area contributed by atoms with E-state index in [4.69, 9.17) is 14.4 Å². The molecule has 5 nitrogen and oxygen atoms in total. The average Bonchev–Trinajstić information content (AvgIpc) is 3.88. The van der Waals surface area contributed by atoms with Crippen molar-refractivity contribution < 1.29 is 4.42 Å². The number of benzene rings is 8. The van der Waals surface area contributed by atoms with E-state index in [0.717, 1.165) is 93.4 Å². The van der Waals surface area contributed by atoms with Crippen LogP contribution in [-0.2, 0) is 0 Å². The van der Waals surface area contributed by atoms with Crippen LogP contribution in [0.2, 0.25) is 0 Å². The van der Waals surface area contributed by atoms with Gasteiger partial charge in [-0.2, -0.15) is 0 Å². The van der Waals surface area contributed by atoms with Crippen LogP contribution in [0.25, 0.3) is 110 Å². The van der Waals surface area contributed by atoms with Crippen molar-refractivity contribution in [1.29, 1.82) is 0 Å². The van der Waals surface area contributed by atoms with Gasteiger partial charge in [-0.05, 0) is 59.3 Å². The topological polar surface area (TPSA) is 48.8 Å². The van der Waals surface area contributed by atoms with E-state index in [2.05, 4.69) is 161 Å². The zero-order valence-corrected chi connectivity index (χ0v) is 28.4. The molecule has 0 atom stereocenters. The molecule has 4 heterocycles. The number of para-hydroxylation sites is 3. The number of hydrogen-bond donors (Lipinski definition) is 0. The molecule has 0 N–H and O–H groups in total. The summed E-state index contributed by atoms with van der Waals surface area (Å²) in [5, 5.41) is 10.1. The molecule has 0 fully saturated rings. The smallest absolute Gasteiger partial charge is 0.235 e. The second-order valence-electron chi connectivity index (χ2n) is 13.8. The van der Waals surface area contributed by atoms with Crippen molar-refractivity contribution in [3.63, 3.8) is 0 Å². The van der Waals surface area contributed by atoms with E-state index in [-0.39, 0.29) is 0 Å². The van der Waals surface area contributed by atoms with Crippen molar-refractivity contribution in [2.24, 2.45) is 0 Å². The van der Waals surface area contributed by atoms with Crippen molar-refractivity contribution in [2.45, 2.75) is 0 Å². The quantitative estimate of drug-likeness (QED) is 0.187. The van der Waals surface area contributed by atoms with Gasteiger partial charge < -0.3 is 8.98 Å². The third-order valence-corrected chi connectivity index (χ3v) is 10.9. The minimum Gasteiger partial charge on any atom is -0.455 e. The largest absolute Gasteiger partial charge is 0.455 e. The van der Waals surface area contributed by atoms with Crippen LogP contribution in [-0.4, -0.2) is 19.1 Å². The Hall–Kier alpha value is -7.24. The van der Waals surface area contributed by atoms with E-state index in [1.54, 1.807) is 0 Å². The maximum absolute atomic E-state index is 6.84. The summed E-state index contributed by atoms with van der Waals surface area (Å²) in [6.07, 6.45) is 0. The summed E-state index contributed by atoms with van der Waals surface area (Å²) in [5.74, 6) is 0.629. The van der Waals surface area contributed by atoms with Gasteiger partial charge >= 0.3 is 0 Å². The lowest BCUT2D eigenvalue weighted by Crippen LogP contribution is -2.03. The molecule has 0 aliphatic rings. The molecule has 0 saturated heterocycles. The minimum absolute atomic E-state index is 0.629. The lowest BCUT2D eigenvalue weighted by atomic mass is 10.1. The van der Waals surface area contributed by atoms with E-state index in [1.165, 1.54) is 10.8 Å². The highest BCUT2D eigenvalue weighted by Crippen LogP contribution is 2.46. The normalized spacial score (nSPS) is 12.2. The summed E-state index contributed by atoms with van der Waals surface area (Å²) >= 11 is 0. The lowest BCUT2D eigenvalue weighted by molar-refractivity contribution is 0.673. The van der Waals surface area contributed by atoms with E-state index in [0.29, 0.717) is 5.95 Å². The molecule has 4 aromatic heterocycles. The van der Waals surface area contributed by atoms with Gasteiger partial charge in [0.2, 0.25) is 5.95 Å². The van der Waals surface area contributed by atoms with Crippen LogP contribution in [0.15, 0.2) is 174 Å². The van der Waals surface area contributed by atoms with Crippen molar-refractivity contribution in [3.8, 4) is 22.9 Å². The number of hydrogen-bond acceptors (Lipinski definition) is 3. The number of rotatable bonds is 3. The Morgan fingerprint density at radius 2 is 1.13 bits per heavy atom. The van der Waals surface area contributed by atoms with Crippen molar-refractivity contribution in [1.82, 2.24) is 19.1 Å². The van der Waals surface area contributed by atoms with Crippen LogP contribution in [0.5, 0.6) is 0 Å². The predicted molar refractivity (Wildman–Crippen MR) is 218 cm³/mol. The Labute approximate surface area is 302 Å². The third kappa shape index (κ3) is 3.96. The summed E-state index contributed by atoms with van der Waals surface area (Å²) in [4.78, 5) is 10.7. The predicted octanol–water partition coefficient (Wildman–Crippen LogP) is 12.5. The molecule has 0 aliphatic carbocycles. The number of nitrogens with zero attached hydrogens (tertiary/aromatic N) is 4. The van der Waals surface area contributed by atoms with Gasteiger partial charge in [-0.3, -0.25) is 4.57 Å². The molecule has 5 heteroatoms. The molecule has 0 amide bonds. The fourth-order valence-electron chi connectivity index (χ4n) is 8.60. The maximum Gasteiger partial charge on any atom is 0.235 e. The second kappa shape index (κ2) is 10.6. The molecule has 0 bridgehead atoms. The first-order valence-corrected chi connectivity index (χ1v) is 17.9. The summed E-state index contributed by atoms with van der Waals surface area (Å²) in [6, 6.07) is 59.9. The summed E-state index contributed by atoms with van der Waals surface area (Å²) in [6.45, 7) is 0. The first-order valence-electron chi connectivity index (χ1n) is 17.9. The van der Waals surface area contributed by atoms with Crippen LogP contribution in [0, 0.1) is 0 Å². The van der Waals surface area contributed by atoms with Gasteiger partial charge in [0, 0.05) is 43.6 Å². The first-order chi connectivity index (χ1) is 26.3. The van der Waals surface area contributed by atoms with Crippen LogP contribution >= 0.6 is 0 Å². The standard InChI is InChI=1S/C48H28N4O/c1-2-13-30(14-3-1)45-37-18-6-9-19-38(37)49-48(50-45)52-39-20-10-7-16-33(39)35-24-26-40-43(46(35)52)44-41(27-25-36-34-17-8-11-21-42(34)53-47(36)44)51(40)32-23-22-29-12-4-5-15-31(29)28-32/h1-28H. The maximum atomic E-state index is 6.84. The fourth-order valence-corrected chi connectivity index (χ4v) is 8.60. The third-order valence-electron chi connectivity index (χ3n) is 10.9. The van der Waals surface area contributed by atoms with Gasteiger partial charge in [-0.1, -0.05) is 121 Å². The molecule has 12 rings (SSSR count). The Bertz CT molecular complexity index is 3460. The van der Waals surface area contributed by atoms with E-state index in [9.17, 15) is 0 Å². The highest BCUT2D eigenvalue weighted by atomic mass is 16.3. The van der Waals surface area contributed by atoms with Gasteiger partial charge in [0.25, 0.3) is 0 Å². The summed E-state index contributed by atoms with van der Waals surface area (Å²) in [5.41, 5.74) is 9.96. The molecule has 8 aromatic carbocycles. The van der Waals surface area contributed by atoms with Gasteiger partial charge in [-0.25, -0.2) is 9.97 Å². The highest BCUT2D eigenvalue weighted by molar-refractivity contribution is 6.32. The van der Waals surface area contributed by atoms with E-state index < -0.39 is 0 Å². The van der Waals surface area contributed by atoms with Gasteiger partial charge in [0.15, 0.2) is 0 Å². The van der Waals surface area contributed by atoms with Crippen LogP contribution in [0.4, 0.5) is 0 Å². The minimum atomic E-state index is 0.629. The Morgan fingerprint density at radius 3 is 2.02 bits per heavy atom. The van der Waals surface area contributed by atoms with E-state index >= 15 is 0 Å². The molecular formula is C48H28N4O. The Morgan fingerprint density at radius 1 is 0.434 bits per heavy atom. The molecular weight excluding hydrogens is 649 g/mol. The van der Waals surface area contributed by atoms with Crippen molar-refractivity contribution >= 4 is 87.2 Å². The average molecular weight is 677 g/mol. The number of furan rings is 1. The molecule has 12 aromatic rings. The molecule has 53 heavy (non-hydrogen) atoms. The van der Waals surface area contributed by atoms with Crippen LogP contribution < -0.4 is 0 Å². The fraction of sp³-hybridized carbons (Fsp3) is 0. The number of fused-ring (bicyclic) bond motifs is 13. The Balaban J connectivity index is 1.30. The molecule has 0 unspecified atom stereocenters. The van der Waals surface area contributed by atoms with Gasteiger partial charge in [0.05, 0.1) is 38.7 Å². The molecule has 0 aliphatic heterocycles. The van der Waals surface area contributed by atoms with E-state index in [1.807, 2.05) is 18.2 Å². The molecule has 0 spiro atoms. The van der Waals surface area contributed by atoms with Crippen molar-refractivity contribution in [2.75, 3.05) is 0 Å². The first kappa shape index (κ1) is 28.5. The zero-order valence-electron chi connectivity index (χ0n) is 28.4. The SMILES string of the molecule is c1ccc(-c2nc(-n3c4ccccc4c4ccc5c(c6c7oc8ccccc8c7ccc6n5-c5ccc6ccccc6c5)c43)nc3ccccc23)cc1. The van der Waals surface area contributed by atoms with Gasteiger partial charge in [-0.15, -0.1) is 0 Å². The molecule has 0 saturated carbocycles. The Kier molecular flexibility index (Phi) is 5.71. The van der Waals surface area contributed by atoms with Crippen LogP contribution in [0.1, 0.15) is 0 Å². The van der Waals surface area contributed by atoms with Gasteiger partial charge in [0.1, 0.15) is 11.2 Å². The monoisotopic (exact) mass is 676 g/mol. The molecule has 0 radical (unpaired) electrons. The van der Waals surface area contributed by atoms with Crippen molar-refractivity contribution in [3.05, 3.63) is 170 Å². The zero-order chi connectivity index (χ0) is 34.6. The lowest BCUT2D eigenvalue weighted by Gasteiger charge is -2.12. The second-order valence-corrected chi connectivity index (χ2v) is 13.8.